The van der Waals surface area contributed by atoms with Crippen LogP contribution < -0.4 is 0 Å². The lowest BCUT2D eigenvalue weighted by atomic mass is 10.1. The number of para-hydroxylation sites is 1. The minimum absolute atomic E-state index is 0.0613. The Kier molecular flexibility index (Phi) is 8.22. The highest BCUT2D eigenvalue weighted by atomic mass is 32.2. The number of hydrogen-bond donors (Lipinski definition) is 0. The number of nitro groups is 1. The van der Waals surface area contributed by atoms with Crippen LogP contribution in [0.1, 0.15) is 41.5 Å². The van der Waals surface area contributed by atoms with Gasteiger partial charge in [-0.2, -0.15) is 0 Å². The summed E-state index contributed by atoms with van der Waals surface area (Å²) in [4.78, 5) is 40.2. The lowest BCUT2D eigenvalue weighted by Crippen LogP contribution is -2.55. The highest BCUT2D eigenvalue weighted by Gasteiger charge is 2.31. The highest BCUT2D eigenvalue weighted by molar-refractivity contribution is 7.99. The largest absolute Gasteiger partial charge is 0.339 e. The number of nitrogens with zero attached hydrogens (tertiary/aromatic N) is 6. The summed E-state index contributed by atoms with van der Waals surface area (Å²) in [5, 5.41) is 20.5. The van der Waals surface area contributed by atoms with Gasteiger partial charge >= 0.3 is 0 Å². The second-order valence-electron chi connectivity index (χ2n) is 9.10. The number of hydrogen-bond acceptors (Lipinski definition) is 7. The molecule has 194 valence electrons. The van der Waals surface area contributed by atoms with Crippen molar-refractivity contribution in [1.29, 1.82) is 0 Å². The SMILES string of the molecule is Cc1ccc(C(=O)N2CCN(C(=O)CCCSc3nnc(C)n3-c3ccccc3)CC2C)cc1[N+](=O)[O-]. The topological polar surface area (TPSA) is 114 Å². The molecule has 0 radical (unpaired) electrons. The average molecular weight is 523 g/mol. The maximum atomic E-state index is 13.0. The molecule has 1 unspecified atom stereocenters. The predicted molar refractivity (Wildman–Crippen MR) is 141 cm³/mol. The van der Waals surface area contributed by atoms with Gasteiger partial charge in [0.25, 0.3) is 11.6 Å². The first-order valence-corrected chi connectivity index (χ1v) is 13.2. The van der Waals surface area contributed by atoms with Crippen LogP contribution in [0.5, 0.6) is 0 Å². The van der Waals surface area contributed by atoms with Crippen molar-refractivity contribution in [2.75, 3.05) is 25.4 Å². The van der Waals surface area contributed by atoms with Crippen LogP contribution >= 0.6 is 11.8 Å². The summed E-state index contributed by atoms with van der Waals surface area (Å²) in [5.41, 5.74) is 1.74. The van der Waals surface area contributed by atoms with Crippen LogP contribution in [0.3, 0.4) is 0 Å². The van der Waals surface area contributed by atoms with E-state index in [0.29, 0.717) is 43.6 Å². The van der Waals surface area contributed by atoms with E-state index in [-0.39, 0.29) is 23.5 Å². The van der Waals surface area contributed by atoms with Crippen molar-refractivity contribution in [1.82, 2.24) is 24.6 Å². The maximum Gasteiger partial charge on any atom is 0.273 e. The third kappa shape index (κ3) is 5.99. The van der Waals surface area contributed by atoms with Crippen molar-refractivity contribution >= 4 is 29.3 Å². The van der Waals surface area contributed by atoms with E-state index in [4.69, 9.17) is 0 Å². The Morgan fingerprint density at radius 1 is 1.11 bits per heavy atom. The van der Waals surface area contributed by atoms with Gasteiger partial charge in [-0.15, -0.1) is 10.2 Å². The van der Waals surface area contributed by atoms with Gasteiger partial charge in [-0.1, -0.05) is 36.0 Å². The molecule has 1 aromatic heterocycles. The number of piperazine rings is 1. The first-order chi connectivity index (χ1) is 17.8. The van der Waals surface area contributed by atoms with Crippen molar-refractivity contribution < 1.29 is 14.5 Å². The highest BCUT2D eigenvalue weighted by Crippen LogP contribution is 2.24. The zero-order valence-electron chi connectivity index (χ0n) is 21.2. The quantitative estimate of drug-likeness (QED) is 0.190. The van der Waals surface area contributed by atoms with Gasteiger partial charge in [0.15, 0.2) is 5.16 Å². The third-order valence-electron chi connectivity index (χ3n) is 6.47. The molecule has 1 aliphatic heterocycles. The van der Waals surface area contributed by atoms with Crippen LogP contribution in [0.15, 0.2) is 53.7 Å². The summed E-state index contributed by atoms with van der Waals surface area (Å²) < 4.78 is 2.01. The third-order valence-corrected chi connectivity index (χ3v) is 7.48. The van der Waals surface area contributed by atoms with Gasteiger partial charge in [-0.05, 0) is 45.4 Å². The molecule has 11 heteroatoms. The van der Waals surface area contributed by atoms with Crippen molar-refractivity contribution in [2.45, 2.75) is 44.8 Å². The number of aromatic nitrogens is 3. The van der Waals surface area contributed by atoms with Gasteiger partial charge in [-0.25, -0.2) is 0 Å². The van der Waals surface area contributed by atoms with E-state index in [2.05, 4.69) is 10.2 Å². The lowest BCUT2D eigenvalue weighted by Gasteiger charge is -2.40. The fourth-order valence-electron chi connectivity index (χ4n) is 4.45. The van der Waals surface area contributed by atoms with Gasteiger partial charge in [0, 0.05) is 60.7 Å². The zero-order valence-corrected chi connectivity index (χ0v) is 22.0. The molecule has 1 atom stereocenters. The van der Waals surface area contributed by atoms with E-state index < -0.39 is 4.92 Å². The number of rotatable bonds is 8. The number of carbonyl (C=O) groups is 2. The van der Waals surface area contributed by atoms with Crippen molar-refractivity contribution in [2.24, 2.45) is 0 Å². The van der Waals surface area contributed by atoms with Gasteiger partial charge in [0.2, 0.25) is 5.91 Å². The molecule has 1 saturated heterocycles. The molecule has 2 aromatic carbocycles. The molecule has 0 bridgehead atoms. The Morgan fingerprint density at radius 2 is 1.86 bits per heavy atom. The molecular formula is C26H30N6O4S. The van der Waals surface area contributed by atoms with E-state index in [9.17, 15) is 19.7 Å². The fourth-order valence-corrected chi connectivity index (χ4v) is 5.38. The van der Waals surface area contributed by atoms with Gasteiger partial charge < -0.3 is 9.80 Å². The second kappa shape index (κ2) is 11.5. The summed E-state index contributed by atoms with van der Waals surface area (Å²) in [7, 11) is 0. The average Bonchev–Trinajstić information content (AvgIpc) is 3.26. The summed E-state index contributed by atoms with van der Waals surface area (Å²) in [6.45, 7) is 6.73. The Labute approximate surface area is 219 Å². The minimum atomic E-state index is -0.475. The molecule has 0 saturated carbocycles. The first-order valence-electron chi connectivity index (χ1n) is 12.2. The van der Waals surface area contributed by atoms with Crippen LogP contribution in [0.25, 0.3) is 5.69 Å². The molecule has 37 heavy (non-hydrogen) atoms. The van der Waals surface area contributed by atoms with Gasteiger partial charge in [0.1, 0.15) is 5.82 Å². The Morgan fingerprint density at radius 3 is 2.57 bits per heavy atom. The van der Waals surface area contributed by atoms with Crippen LogP contribution in [0.4, 0.5) is 5.69 Å². The summed E-state index contributed by atoms with van der Waals surface area (Å²) >= 11 is 1.58. The molecule has 2 amide bonds. The van der Waals surface area contributed by atoms with E-state index >= 15 is 0 Å². The molecule has 1 aliphatic rings. The molecule has 0 N–H and O–H groups in total. The van der Waals surface area contributed by atoms with E-state index in [1.165, 1.54) is 6.07 Å². The molecule has 3 aromatic rings. The van der Waals surface area contributed by atoms with Crippen LogP contribution in [-0.4, -0.2) is 72.7 Å². The van der Waals surface area contributed by atoms with Gasteiger partial charge in [-0.3, -0.25) is 24.3 Å². The molecule has 0 spiro atoms. The molecule has 4 rings (SSSR count). The van der Waals surface area contributed by atoms with Gasteiger partial charge in [0.05, 0.1) is 4.92 Å². The van der Waals surface area contributed by atoms with Crippen molar-refractivity contribution in [3.63, 3.8) is 0 Å². The summed E-state index contributed by atoms with van der Waals surface area (Å²) in [5.74, 6) is 1.35. The second-order valence-corrected chi connectivity index (χ2v) is 10.2. The molecule has 0 aliphatic carbocycles. The molecule has 2 heterocycles. The lowest BCUT2D eigenvalue weighted by molar-refractivity contribution is -0.385. The number of amides is 2. The van der Waals surface area contributed by atoms with Crippen LogP contribution in [-0.2, 0) is 4.79 Å². The number of nitro benzene ring substituents is 1. The Balaban J connectivity index is 1.28. The predicted octanol–water partition coefficient (Wildman–Crippen LogP) is 4.04. The Bertz CT molecular complexity index is 1300. The number of benzene rings is 2. The first kappa shape index (κ1) is 26.3. The minimum Gasteiger partial charge on any atom is -0.339 e. The maximum absolute atomic E-state index is 13.0. The van der Waals surface area contributed by atoms with Crippen LogP contribution in [0, 0.1) is 24.0 Å². The summed E-state index contributed by atoms with van der Waals surface area (Å²) in [6.07, 6.45) is 1.11. The molecular weight excluding hydrogens is 492 g/mol. The standard InChI is InChI=1S/C26H30N6O4S/c1-18-11-12-21(16-23(18)32(35)36)25(34)30-14-13-29(17-19(30)2)24(33)10-7-15-37-26-28-27-20(3)31(26)22-8-5-4-6-9-22/h4-6,8-9,11-12,16,19H,7,10,13-15,17H2,1-3H3. The number of thioether (sulfide) groups is 1. The molecule has 10 nitrogen and oxygen atoms in total. The van der Waals surface area contributed by atoms with E-state index in [1.807, 2.05) is 48.7 Å². The Hall–Kier alpha value is -3.73. The fraction of sp³-hybridized carbons (Fsp3) is 0.385. The number of aryl methyl sites for hydroxylation is 2. The monoisotopic (exact) mass is 522 g/mol. The smallest absolute Gasteiger partial charge is 0.273 e. The zero-order chi connectivity index (χ0) is 26.5. The molecule has 1 fully saturated rings. The van der Waals surface area contributed by atoms with Crippen molar-refractivity contribution in [3.8, 4) is 5.69 Å². The van der Waals surface area contributed by atoms with Crippen molar-refractivity contribution in [3.05, 3.63) is 75.6 Å². The van der Waals surface area contributed by atoms with Crippen LogP contribution in [0.2, 0.25) is 0 Å². The number of carbonyl (C=O) groups excluding carboxylic acids is 2. The normalized spacial score (nSPS) is 15.6. The van der Waals surface area contributed by atoms with E-state index in [1.54, 1.807) is 40.6 Å². The van der Waals surface area contributed by atoms with E-state index in [0.717, 1.165) is 22.4 Å². The summed E-state index contributed by atoms with van der Waals surface area (Å²) in [6, 6.07) is 14.3.